The molecule has 0 N–H and O–H groups in total. The third-order valence-electron chi connectivity index (χ3n) is 2.61. The van der Waals surface area contributed by atoms with E-state index < -0.39 is 25.8 Å². The molecular formula is C12H20F6N4O4P-. The summed E-state index contributed by atoms with van der Waals surface area (Å²) in [5.74, 6) is -0.783. The second kappa shape index (κ2) is 9.01. The van der Waals surface area contributed by atoms with Gasteiger partial charge in [-0.1, -0.05) is 5.16 Å². The van der Waals surface area contributed by atoms with Crippen LogP contribution in [-0.2, 0) is 19.1 Å². The fourth-order valence-electron chi connectivity index (χ4n) is 1.69. The Kier molecular flexibility index (Phi) is 8.45. The molecule has 0 amide bonds. The third kappa shape index (κ3) is 15.1. The van der Waals surface area contributed by atoms with Gasteiger partial charge in [0.05, 0.1) is 19.8 Å². The number of hydrogen-bond donors (Lipinski definition) is 0. The van der Waals surface area contributed by atoms with Gasteiger partial charge in [0.1, 0.15) is 6.07 Å². The predicted molar refractivity (Wildman–Crippen MR) is 84.2 cm³/mol. The van der Waals surface area contributed by atoms with Gasteiger partial charge in [0.25, 0.3) is 5.71 Å². The Morgan fingerprint density at radius 3 is 2.11 bits per heavy atom. The van der Waals surface area contributed by atoms with Crippen LogP contribution in [0, 0.1) is 11.3 Å². The van der Waals surface area contributed by atoms with Crippen molar-refractivity contribution in [2.75, 3.05) is 47.0 Å². The van der Waals surface area contributed by atoms with E-state index in [4.69, 9.17) is 19.6 Å². The molecule has 1 saturated heterocycles. The standard InChI is InChI=1S/C12H20N4O4.F6P/c1-4-19-11(17)10(9-13)14-20-12(15(2)3)16-5-7-18-8-6-16;1-7(2,3,4,5)6/h12H,4-8H2,1-3H3;/q;-1/b14-10+;. The number of oxime groups is 1. The second-order valence-corrected chi connectivity index (χ2v) is 7.19. The van der Waals surface area contributed by atoms with Crippen LogP contribution in [-0.4, -0.2) is 74.8 Å². The number of esters is 1. The molecular weight excluding hydrogens is 409 g/mol. The first-order valence-electron chi connectivity index (χ1n) is 7.40. The number of hydrogen-bond acceptors (Lipinski definition) is 8. The topological polar surface area (TPSA) is 87.4 Å². The van der Waals surface area contributed by atoms with Gasteiger partial charge < -0.3 is 14.3 Å². The van der Waals surface area contributed by atoms with Crippen LogP contribution in [0.5, 0.6) is 0 Å². The molecule has 1 aliphatic rings. The van der Waals surface area contributed by atoms with Gasteiger partial charge in [-0.3, -0.25) is 4.90 Å². The predicted octanol–water partition coefficient (Wildman–Crippen LogP) is 3.01. The summed E-state index contributed by atoms with van der Waals surface area (Å²) in [4.78, 5) is 20.6. The molecule has 1 atom stereocenters. The van der Waals surface area contributed by atoms with E-state index in [-0.39, 0.29) is 6.61 Å². The molecule has 1 aliphatic heterocycles. The molecule has 1 unspecified atom stereocenters. The SMILES string of the molecule is CCOC(=O)/C(C#N)=N/OC(N(C)C)N1CCOCC1.F[P-](F)(F)(F)(F)F. The third-order valence-corrected chi connectivity index (χ3v) is 2.61. The number of carbonyl (C=O) groups is 1. The average Bonchev–Trinajstić information content (AvgIpc) is 2.49. The van der Waals surface area contributed by atoms with Crippen LogP contribution in [0.15, 0.2) is 5.16 Å². The van der Waals surface area contributed by atoms with Crippen molar-refractivity contribution in [3.8, 4) is 6.07 Å². The molecule has 160 valence electrons. The normalized spacial score (nSPS) is 19.7. The van der Waals surface area contributed by atoms with E-state index in [2.05, 4.69) is 5.16 Å². The molecule has 0 aliphatic carbocycles. The monoisotopic (exact) mass is 429 g/mol. The van der Waals surface area contributed by atoms with Crippen LogP contribution in [0.1, 0.15) is 6.92 Å². The van der Waals surface area contributed by atoms with Gasteiger partial charge in [-0.05, 0) is 21.0 Å². The maximum atomic E-state index is 11.4. The van der Waals surface area contributed by atoms with Gasteiger partial charge in [0, 0.05) is 13.1 Å². The van der Waals surface area contributed by atoms with Crippen molar-refractivity contribution in [2.24, 2.45) is 5.16 Å². The van der Waals surface area contributed by atoms with Crippen molar-refractivity contribution in [3.63, 3.8) is 0 Å². The van der Waals surface area contributed by atoms with Crippen LogP contribution in [0.3, 0.4) is 0 Å². The number of rotatable bonds is 6. The van der Waals surface area contributed by atoms with Crippen molar-refractivity contribution < 1.29 is 44.3 Å². The van der Waals surface area contributed by atoms with Crippen molar-refractivity contribution in [3.05, 3.63) is 0 Å². The molecule has 27 heavy (non-hydrogen) atoms. The minimum atomic E-state index is -10.7. The van der Waals surface area contributed by atoms with E-state index in [1.165, 1.54) is 0 Å². The summed E-state index contributed by atoms with van der Waals surface area (Å²) in [5.41, 5.74) is -0.396. The average molecular weight is 429 g/mol. The van der Waals surface area contributed by atoms with Crippen LogP contribution in [0.2, 0.25) is 0 Å². The van der Waals surface area contributed by atoms with E-state index in [0.717, 1.165) is 0 Å². The van der Waals surface area contributed by atoms with Crippen LogP contribution in [0.4, 0.5) is 25.2 Å². The molecule has 0 aromatic carbocycles. The molecule has 0 bridgehead atoms. The Labute approximate surface area is 151 Å². The van der Waals surface area contributed by atoms with Gasteiger partial charge in [-0.2, -0.15) is 5.26 Å². The Morgan fingerprint density at radius 2 is 1.74 bits per heavy atom. The molecule has 0 radical (unpaired) electrons. The van der Waals surface area contributed by atoms with Gasteiger partial charge in [-0.15, -0.1) is 0 Å². The number of halogens is 6. The van der Waals surface area contributed by atoms with E-state index >= 15 is 0 Å². The van der Waals surface area contributed by atoms with E-state index in [0.29, 0.717) is 26.3 Å². The Morgan fingerprint density at radius 1 is 1.26 bits per heavy atom. The fourth-order valence-corrected chi connectivity index (χ4v) is 1.69. The first-order chi connectivity index (χ1) is 12.0. The maximum absolute atomic E-state index is 11.4. The fraction of sp³-hybridized carbons (Fsp3) is 0.750. The number of morpholine rings is 1. The van der Waals surface area contributed by atoms with Gasteiger partial charge >= 0.3 is 39.0 Å². The van der Waals surface area contributed by atoms with Crippen LogP contribution in [0.25, 0.3) is 0 Å². The molecule has 1 heterocycles. The van der Waals surface area contributed by atoms with Gasteiger partial charge in [0.15, 0.2) is 0 Å². The van der Waals surface area contributed by atoms with E-state index in [9.17, 15) is 30.0 Å². The molecule has 1 fully saturated rings. The van der Waals surface area contributed by atoms with E-state index in [1.54, 1.807) is 17.9 Å². The minimum absolute atomic E-state index is 0.181. The molecule has 0 aromatic rings. The number of nitrogens with zero attached hydrogens (tertiary/aromatic N) is 4. The number of ether oxygens (including phenoxy) is 2. The first kappa shape index (κ1) is 25.3. The number of nitriles is 1. The zero-order valence-electron chi connectivity index (χ0n) is 14.7. The number of carbonyl (C=O) groups excluding carboxylic acids is 1. The Hall–Kier alpha value is -1.68. The molecule has 8 nitrogen and oxygen atoms in total. The second-order valence-electron chi connectivity index (χ2n) is 5.27. The van der Waals surface area contributed by atoms with Crippen LogP contribution < -0.4 is 0 Å². The quantitative estimate of drug-likeness (QED) is 0.160. The summed E-state index contributed by atoms with van der Waals surface area (Å²) < 4.78 is 69.2. The summed E-state index contributed by atoms with van der Waals surface area (Å²) in [5, 5.41) is 12.5. The summed E-state index contributed by atoms with van der Waals surface area (Å²) >= 11 is 0. The van der Waals surface area contributed by atoms with Crippen molar-refractivity contribution >= 4 is 19.5 Å². The van der Waals surface area contributed by atoms with Gasteiger partial charge in [0.2, 0.25) is 6.35 Å². The summed E-state index contributed by atoms with van der Waals surface area (Å²) in [6.45, 7) is 4.45. The first-order valence-corrected chi connectivity index (χ1v) is 9.43. The molecule has 0 spiro atoms. The summed E-state index contributed by atoms with van der Waals surface area (Å²) in [6.07, 6.45) is -0.461. The van der Waals surface area contributed by atoms with Crippen molar-refractivity contribution in [2.45, 2.75) is 13.3 Å². The molecule has 1 rings (SSSR count). The van der Waals surface area contributed by atoms with Crippen LogP contribution >= 0.6 is 7.81 Å². The zero-order chi connectivity index (χ0) is 21.4. The van der Waals surface area contributed by atoms with Crippen molar-refractivity contribution in [1.82, 2.24) is 9.80 Å². The molecule has 0 saturated carbocycles. The van der Waals surface area contributed by atoms with Crippen molar-refractivity contribution in [1.29, 1.82) is 5.26 Å². The Balaban J connectivity index is 0.000000821. The van der Waals surface area contributed by atoms with E-state index in [1.807, 2.05) is 19.0 Å². The molecule has 15 heteroatoms. The van der Waals surface area contributed by atoms with Gasteiger partial charge in [-0.25, -0.2) is 9.69 Å². The Bertz CT molecular complexity index is 561. The molecule has 0 aromatic heterocycles. The zero-order valence-corrected chi connectivity index (χ0v) is 15.6. The summed E-state index contributed by atoms with van der Waals surface area (Å²) in [7, 11) is -7.01. The summed E-state index contributed by atoms with van der Waals surface area (Å²) in [6, 6.07) is 1.67.